The van der Waals surface area contributed by atoms with Crippen LogP contribution >= 0.6 is 0 Å². The fourth-order valence-electron chi connectivity index (χ4n) is 6.00. The number of allylic oxidation sites excluding steroid dienone is 2. The Balaban J connectivity index is 1.63. The minimum atomic E-state index is 0.0622. The van der Waals surface area contributed by atoms with Gasteiger partial charge in [0.1, 0.15) is 5.78 Å². The molecule has 0 heterocycles. The highest BCUT2D eigenvalue weighted by molar-refractivity contribution is 5.99. The van der Waals surface area contributed by atoms with E-state index in [0.29, 0.717) is 18.1 Å². The number of ketones is 1. The Labute approximate surface area is 159 Å². The molecule has 3 aliphatic carbocycles. The van der Waals surface area contributed by atoms with Crippen LogP contribution in [0.5, 0.6) is 0 Å². The van der Waals surface area contributed by atoms with Crippen LogP contribution in [0.15, 0.2) is 72.3 Å². The summed E-state index contributed by atoms with van der Waals surface area (Å²) in [5.74, 6) is 1.05. The summed E-state index contributed by atoms with van der Waals surface area (Å²) in [4.78, 5) is 12.7. The zero-order valence-corrected chi connectivity index (χ0v) is 15.4. The lowest BCUT2D eigenvalue weighted by Gasteiger charge is -2.41. The van der Waals surface area contributed by atoms with Crippen LogP contribution in [-0.4, -0.2) is 5.78 Å². The van der Waals surface area contributed by atoms with Crippen LogP contribution in [0.1, 0.15) is 36.8 Å². The first-order chi connectivity index (χ1) is 13.2. The first-order valence-electron chi connectivity index (χ1n) is 10.0. The number of carbonyl (C=O) groups excluding carboxylic acids is 1. The van der Waals surface area contributed by atoms with E-state index in [4.69, 9.17) is 0 Å². The normalized spacial score (nSPS) is 25.9. The van der Waals surface area contributed by atoms with Gasteiger partial charge >= 0.3 is 0 Å². The second-order valence-corrected chi connectivity index (χ2v) is 8.63. The van der Waals surface area contributed by atoms with Crippen molar-refractivity contribution in [3.63, 3.8) is 0 Å². The number of carbonyl (C=O) groups is 1. The molecule has 132 valence electrons. The predicted molar refractivity (Wildman–Crippen MR) is 110 cm³/mol. The maximum Gasteiger partial charge on any atom is 0.138 e. The van der Waals surface area contributed by atoms with Gasteiger partial charge in [0.05, 0.1) is 0 Å². The fraction of sp³-hybridized carbons (Fsp3) is 0.269. The molecule has 3 aromatic carbocycles. The Kier molecular flexibility index (Phi) is 3.09. The van der Waals surface area contributed by atoms with Crippen LogP contribution in [0.2, 0.25) is 0 Å². The van der Waals surface area contributed by atoms with Gasteiger partial charge in [-0.3, -0.25) is 4.79 Å². The van der Waals surface area contributed by atoms with Crippen molar-refractivity contribution in [3.8, 4) is 11.1 Å². The van der Waals surface area contributed by atoms with E-state index in [-0.39, 0.29) is 5.41 Å². The number of fused-ring (bicyclic) bond motifs is 6. The molecule has 3 aliphatic rings. The van der Waals surface area contributed by atoms with Crippen molar-refractivity contribution in [2.75, 3.05) is 0 Å². The van der Waals surface area contributed by atoms with Crippen LogP contribution in [0.25, 0.3) is 21.9 Å². The summed E-state index contributed by atoms with van der Waals surface area (Å²) in [7, 11) is 0. The molecule has 1 saturated carbocycles. The summed E-state index contributed by atoms with van der Waals surface area (Å²) in [5, 5.41) is 2.58. The molecule has 0 amide bonds. The van der Waals surface area contributed by atoms with Crippen LogP contribution in [0, 0.1) is 5.92 Å². The minimum absolute atomic E-state index is 0.0622. The molecule has 27 heavy (non-hydrogen) atoms. The second kappa shape index (κ2) is 5.42. The summed E-state index contributed by atoms with van der Waals surface area (Å²) >= 11 is 0. The Morgan fingerprint density at radius 1 is 0.926 bits per heavy atom. The van der Waals surface area contributed by atoms with Gasteiger partial charge in [0.15, 0.2) is 0 Å². The van der Waals surface area contributed by atoms with Crippen LogP contribution in [0.3, 0.4) is 0 Å². The molecular formula is C26H22O. The minimum Gasteiger partial charge on any atom is -0.299 e. The molecule has 1 heteroatoms. The van der Waals surface area contributed by atoms with E-state index in [2.05, 4.69) is 66.7 Å². The number of rotatable bonds is 1. The topological polar surface area (TPSA) is 17.1 Å². The van der Waals surface area contributed by atoms with Crippen LogP contribution in [0.4, 0.5) is 0 Å². The monoisotopic (exact) mass is 350 g/mol. The van der Waals surface area contributed by atoms with E-state index in [1.807, 2.05) is 0 Å². The molecule has 0 radical (unpaired) electrons. The Morgan fingerprint density at radius 3 is 2.59 bits per heavy atom. The van der Waals surface area contributed by atoms with E-state index in [0.717, 1.165) is 19.3 Å². The van der Waals surface area contributed by atoms with Gasteiger partial charge in [0.25, 0.3) is 0 Å². The summed E-state index contributed by atoms with van der Waals surface area (Å²) < 4.78 is 0. The molecule has 6 rings (SSSR count). The average Bonchev–Trinajstić information content (AvgIpc) is 3.28. The molecule has 0 saturated heterocycles. The maximum absolute atomic E-state index is 12.7. The van der Waals surface area contributed by atoms with Gasteiger partial charge in [0, 0.05) is 18.3 Å². The van der Waals surface area contributed by atoms with Gasteiger partial charge in [-0.1, -0.05) is 66.2 Å². The predicted octanol–water partition coefficient (Wildman–Crippen LogP) is 6.00. The first-order valence-corrected chi connectivity index (χ1v) is 10.0. The van der Waals surface area contributed by atoms with Crippen LogP contribution in [-0.2, 0) is 16.6 Å². The van der Waals surface area contributed by atoms with Crippen molar-refractivity contribution in [2.45, 2.75) is 37.5 Å². The lowest BCUT2D eigenvalue weighted by molar-refractivity contribution is -0.120. The fourth-order valence-corrected chi connectivity index (χ4v) is 6.00. The molecule has 1 fully saturated rings. The third-order valence-corrected chi connectivity index (χ3v) is 7.15. The van der Waals surface area contributed by atoms with E-state index in [1.165, 1.54) is 39.4 Å². The quantitative estimate of drug-likeness (QED) is 0.492. The van der Waals surface area contributed by atoms with Crippen molar-refractivity contribution >= 4 is 16.6 Å². The molecule has 2 unspecified atom stereocenters. The standard InChI is InChI=1S/C26H22O/c27-22-13-20-12-19-7-4-8-23(18-5-2-1-3-6-18)24(19)14-25(20)26(16-22)15-17-9-10-21(26)11-17/h1-9,12,14,21H,10-11,13,15-16H2. The molecule has 1 spiro atoms. The van der Waals surface area contributed by atoms with Gasteiger partial charge in [-0.05, 0) is 64.3 Å². The molecule has 1 nitrogen and oxygen atoms in total. The Hall–Kier alpha value is -2.67. The highest BCUT2D eigenvalue weighted by atomic mass is 16.1. The third kappa shape index (κ3) is 2.15. The smallest absolute Gasteiger partial charge is 0.138 e. The van der Waals surface area contributed by atoms with Crippen molar-refractivity contribution in [3.05, 3.63) is 83.4 Å². The van der Waals surface area contributed by atoms with E-state index >= 15 is 0 Å². The van der Waals surface area contributed by atoms with Gasteiger partial charge in [-0.15, -0.1) is 0 Å². The van der Waals surface area contributed by atoms with Crippen molar-refractivity contribution in [2.24, 2.45) is 5.92 Å². The molecule has 0 N–H and O–H groups in total. The van der Waals surface area contributed by atoms with Gasteiger partial charge in [-0.25, -0.2) is 0 Å². The molecule has 0 aromatic heterocycles. The third-order valence-electron chi connectivity index (χ3n) is 7.15. The largest absolute Gasteiger partial charge is 0.299 e. The summed E-state index contributed by atoms with van der Waals surface area (Å²) in [6.45, 7) is 0. The summed E-state index contributed by atoms with van der Waals surface area (Å²) in [5.41, 5.74) is 6.94. The first kappa shape index (κ1) is 15.4. The van der Waals surface area contributed by atoms with Gasteiger partial charge in [0.2, 0.25) is 0 Å². The summed E-state index contributed by atoms with van der Waals surface area (Å²) in [6, 6.07) is 22.0. The van der Waals surface area contributed by atoms with E-state index in [9.17, 15) is 4.79 Å². The molecular weight excluding hydrogens is 328 g/mol. The number of hydrogen-bond donors (Lipinski definition) is 0. The SMILES string of the molecule is O=C1Cc2cc3cccc(-c4ccccc4)c3cc2C2(C1)CC1=CCC2C1. The Bertz CT molecular complexity index is 1120. The van der Waals surface area contributed by atoms with E-state index < -0.39 is 0 Å². The number of Topliss-reactive ketones (excluding diaryl/α,β-unsaturated/α-hetero) is 1. The lowest BCUT2D eigenvalue weighted by atomic mass is 9.62. The Morgan fingerprint density at radius 2 is 1.81 bits per heavy atom. The second-order valence-electron chi connectivity index (χ2n) is 8.63. The molecule has 3 aromatic rings. The van der Waals surface area contributed by atoms with E-state index in [1.54, 1.807) is 5.57 Å². The number of benzene rings is 3. The highest BCUT2D eigenvalue weighted by Crippen LogP contribution is 2.58. The summed E-state index contributed by atoms with van der Waals surface area (Å²) in [6.07, 6.45) is 7.21. The van der Waals surface area contributed by atoms with Gasteiger partial charge < -0.3 is 0 Å². The van der Waals surface area contributed by atoms with Crippen molar-refractivity contribution in [1.82, 2.24) is 0 Å². The van der Waals surface area contributed by atoms with Crippen molar-refractivity contribution < 1.29 is 4.79 Å². The molecule has 2 atom stereocenters. The molecule has 0 aliphatic heterocycles. The lowest BCUT2D eigenvalue weighted by Crippen LogP contribution is -2.39. The zero-order chi connectivity index (χ0) is 18.0. The molecule has 2 bridgehead atoms. The highest BCUT2D eigenvalue weighted by Gasteiger charge is 2.51. The van der Waals surface area contributed by atoms with Crippen LogP contribution < -0.4 is 0 Å². The van der Waals surface area contributed by atoms with Gasteiger partial charge in [-0.2, -0.15) is 0 Å². The maximum atomic E-state index is 12.7. The average molecular weight is 350 g/mol. The van der Waals surface area contributed by atoms with Crippen molar-refractivity contribution in [1.29, 1.82) is 0 Å². The zero-order valence-electron chi connectivity index (χ0n) is 15.4. The number of hydrogen-bond acceptors (Lipinski definition) is 1.